The van der Waals surface area contributed by atoms with Crippen LogP contribution < -0.4 is 15.2 Å². The molecule has 2 aromatic carbocycles. The van der Waals surface area contributed by atoms with Crippen LogP contribution in [0.1, 0.15) is 34.3 Å². The number of aryl methyl sites for hydroxylation is 1. The third kappa shape index (κ3) is 5.60. The zero-order valence-corrected chi connectivity index (χ0v) is 25.8. The Hall–Kier alpha value is -2.40. The van der Waals surface area contributed by atoms with E-state index in [1.807, 2.05) is 0 Å². The van der Waals surface area contributed by atoms with Crippen LogP contribution in [-0.4, -0.2) is 104 Å². The number of benzene rings is 2. The summed E-state index contributed by atoms with van der Waals surface area (Å²) in [6.45, 7) is 1.19. The molecule has 9 unspecified atom stereocenters. The number of hydrogen-bond donors (Lipinski definition) is 7. The molecule has 0 amide bonds. The maximum Gasteiger partial charge on any atom is 0.229 e. The van der Waals surface area contributed by atoms with E-state index in [9.17, 15) is 40.2 Å². The number of ether oxygens (including phenoxy) is 3. The first kappa shape index (κ1) is 33.0. The summed E-state index contributed by atoms with van der Waals surface area (Å²) in [5.74, 6) is -1.36. The number of aldehydes is 1. The molecule has 0 aromatic heterocycles. The molecule has 2 aromatic rings. The number of nitrogens with two attached hydrogens (primary N) is 1. The summed E-state index contributed by atoms with van der Waals surface area (Å²) in [5.41, 5.74) is 5.21. The highest BCUT2D eigenvalue weighted by atomic mass is 33.1. The minimum atomic E-state index is -1.96. The SMILES string of the molecule is COc1cc2c3c(O)c(c(C)cc3c1CO)C(=O)CCSSCC1C(CC=O)C(N)C=CC1(O)C1OC(O2)C(O)C(O)C1O. The highest BCUT2D eigenvalue weighted by Crippen LogP contribution is 2.48. The van der Waals surface area contributed by atoms with Gasteiger partial charge in [-0.2, -0.15) is 0 Å². The summed E-state index contributed by atoms with van der Waals surface area (Å²) in [7, 11) is 4.08. The van der Waals surface area contributed by atoms with Crippen molar-refractivity contribution in [2.75, 3.05) is 18.6 Å². The number of fused-ring (bicyclic) bond motifs is 5. The van der Waals surface area contributed by atoms with E-state index in [1.54, 1.807) is 13.0 Å². The van der Waals surface area contributed by atoms with Crippen molar-refractivity contribution < 1.29 is 54.4 Å². The van der Waals surface area contributed by atoms with E-state index in [-0.39, 0.29) is 46.8 Å². The Labute approximate surface area is 261 Å². The molecule has 3 aliphatic rings. The van der Waals surface area contributed by atoms with E-state index >= 15 is 0 Å². The van der Waals surface area contributed by atoms with E-state index in [1.165, 1.54) is 46.9 Å². The molecule has 1 fully saturated rings. The lowest BCUT2D eigenvalue weighted by Crippen LogP contribution is -2.69. The van der Waals surface area contributed by atoms with Gasteiger partial charge in [0.2, 0.25) is 6.29 Å². The lowest BCUT2D eigenvalue weighted by atomic mass is 9.66. The van der Waals surface area contributed by atoms with Crippen LogP contribution in [0.4, 0.5) is 0 Å². The van der Waals surface area contributed by atoms with Crippen LogP contribution in [0.2, 0.25) is 0 Å². The average Bonchev–Trinajstić information content (AvgIpc) is 2.99. The number of ketones is 1. The van der Waals surface area contributed by atoms with Crippen LogP contribution in [0.5, 0.6) is 17.2 Å². The van der Waals surface area contributed by atoms with Gasteiger partial charge in [0.1, 0.15) is 53.6 Å². The highest BCUT2D eigenvalue weighted by molar-refractivity contribution is 8.76. The minimum absolute atomic E-state index is 0.0122. The third-order valence-corrected chi connectivity index (χ3v) is 11.3. The van der Waals surface area contributed by atoms with Crippen molar-refractivity contribution in [3.05, 3.63) is 41.0 Å². The molecule has 12 nitrogen and oxygen atoms in total. The topological polar surface area (TPSA) is 209 Å². The molecule has 240 valence electrons. The number of aromatic hydroxyl groups is 1. The summed E-state index contributed by atoms with van der Waals surface area (Å²) >= 11 is 0. The standard InChI is InChI=1S/C30H37NO11S2/c1-13-9-15-16(11-33)20(40-2)10-21-23(15)24(35)22(13)19(34)5-8-43-44-12-17-14(4-7-32)18(31)3-6-30(17,39)28-26(37)25(36)27(38)29(41-21)42-28/h3,6-7,9-10,14,17-18,25-29,33,35-39H,4-5,8,11-12,31H2,1-2H3. The molecule has 14 heteroatoms. The van der Waals surface area contributed by atoms with E-state index < -0.39 is 66.5 Å². The van der Waals surface area contributed by atoms with Gasteiger partial charge in [-0.05, 0) is 29.9 Å². The number of aliphatic hydroxyl groups excluding tert-OH is 4. The molecule has 0 spiro atoms. The molecule has 1 aliphatic carbocycles. The largest absolute Gasteiger partial charge is 0.506 e. The van der Waals surface area contributed by atoms with Crippen molar-refractivity contribution in [1.29, 1.82) is 0 Å². The Kier molecular flexibility index (Phi) is 9.85. The zero-order valence-electron chi connectivity index (χ0n) is 24.2. The van der Waals surface area contributed by atoms with Gasteiger partial charge in [-0.15, -0.1) is 0 Å². The van der Waals surface area contributed by atoms with Gasteiger partial charge in [0.15, 0.2) is 5.78 Å². The Morgan fingerprint density at radius 3 is 2.61 bits per heavy atom. The number of Topliss-reactive ketones (excluding diaryl/α,β-unsaturated/α-hetero) is 1. The lowest BCUT2D eigenvalue weighted by Gasteiger charge is -2.51. The molecule has 0 saturated carbocycles. The normalized spacial score (nSPS) is 34.4. The summed E-state index contributed by atoms with van der Waals surface area (Å²) in [4.78, 5) is 25.0. The van der Waals surface area contributed by atoms with Gasteiger partial charge in [0, 0.05) is 47.9 Å². The summed E-state index contributed by atoms with van der Waals surface area (Å²) in [5, 5.41) is 67.3. The summed E-state index contributed by atoms with van der Waals surface area (Å²) in [6, 6.07) is 2.39. The second-order valence-electron chi connectivity index (χ2n) is 11.3. The van der Waals surface area contributed by atoms with Gasteiger partial charge in [-0.3, -0.25) is 4.79 Å². The summed E-state index contributed by atoms with van der Waals surface area (Å²) in [6.07, 6.45) is -4.95. The molecule has 44 heavy (non-hydrogen) atoms. The van der Waals surface area contributed by atoms with E-state index in [4.69, 9.17) is 19.9 Å². The number of hydrogen-bond acceptors (Lipinski definition) is 14. The van der Waals surface area contributed by atoms with Crippen LogP contribution in [0, 0.1) is 18.8 Å². The Balaban J connectivity index is 1.70. The Morgan fingerprint density at radius 2 is 1.93 bits per heavy atom. The second-order valence-corrected chi connectivity index (χ2v) is 14.0. The van der Waals surface area contributed by atoms with Gasteiger partial charge < -0.3 is 55.4 Å². The van der Waals surface area contributed by atoms with Gasteiger partial charge in [0.25, 0.3) is 0 Å². The smallest absolute Gasteiger partial charge is 0.229 e. The number of phenolic OH excluding ortho intramolecular Hbond substituents is 1. The van der Waals surface area contributed by atoms with Gasteiger partial charge >= 0.3 is 0 Å². The highest BCUT2D eigenvalue weighted by Gasteiger charge is 2.58. The first-order valence-electron chi connectivity index (χ1n) is 14.2. The zero-order chi connectivity index (χ0) is 31.9. The van der Waals surface area contributed by atoms with Gasteiger partial charge in [-0.25, -0.2) is 0 Å². The fourth-order valence-electron chi connectivity index (χ4n) is 6.52. The summed E-state index contributed by atoms with van der Waals surface area (Å²) < 4.78 is 17.6. The van der Waals surface area contributed by atoms with Crippen LogP contribution in [0.3, 0.4) is 0 Å². The van der Waals surface area contributed by atoms with Crippen molar-refractivity contribution in [3.8, 4) is 17.2 Å². The monoisotopic (exact) mass is 651 g/mol. The minimum Gasteiger partial charge on any atom is -0.506 e. The van der Waals surface area contributed by atoms with Crippen LogP contribution in [0.25, 0.3) is 10.8 Å². The average molecular weight is 652 g/mol. The molecule has 0 radical (unpaired) electrons. The van der Waals surface area contributed by atoms with Crippen molar-refractivity contribution in [3.63, 3.8) is 0 Å². The Morgan fingerprint density at radius 1 is 1.18 bits per heavy atom. The first-order chi connectivity index (χ1) is 21.0. The van der Waals surface area contributed by atoms with E-state index in [0.717, 1.165) is 0 Å². The third-order valence-electron chi connectivity index (χ3n) is 8.86. The molecule has 5 rings (SSSR count). The van der Waals surface area contributed by atoms with Gasteiger partial charge in [-0.1, -0.05) is 33.7 Å². The van der Waals surface area contributed by atoms with Crippen LogP contribution in [-0.2, 0) is 16.1 Å². The molecular weight excluding hydrogens is 614 g/mol. The lowest BCUT2D eigenvalue weighted by molar-refractivity contribution is -0.305. The fourth-order valence-corrected chi connectivity index (χ4v) is 9.00. The predicted octanol–water partition coefficient (Wildman–Crippen LogP) is 0.959. The maximum absolute atomic E-state index is 13.4. The van der Waals surface area contributed by atoms with Crippen molar-refractivity contribution in [1.82, 2.24) is 0 Å². The van der Waals surface area contributed by atoms with E-state index in [0.29, 0.717) is 28.6 Å². The first-order valence-corrected chi connectivity index (χ1v) is 16.7. The van der Waals surface area contributed by atoms with Crippen molar-refractivity contribution >= 4 is 44.4 Å². The number of carbonyl (C=O) groups excluding carboxylic acids is 2. The number of rotatable bonds is 4. The molecule has 2 aliphatic heterocycles. The predicted molar refractivity (Wildman–Crippen MR) is 164 cm³/mol. The molecule has 4 bridgehead atoms. The number of carbonyl (C=O) groups is 2. The second kappa shape index (κ2) is 13.1. The van der Waals surface area contributed by atoms with E-state index in [2.05, 4.69) is 0 Å². The van der Waals surface area contributed by atoms with Crippen LogP contribution in [0.15, 0.2) is 24.3 Å². The number of methoxy groups -OCH3 is 1. The number of aliphatic hydroxyl groups is 5. The Bertz CT molecular complexity index is 1450. The fraction of sp³-hybridized carbons (Fsp3) is 0.533. The molecule has 9 atom stereocenters. The molecule has 8 N–H and O–H groups in total. The molecular formula is C30H37NO11S2. The molecule has 2 heterocycles. The van der Waals surface area contributed by atoms with Crippen LogP contribution >= 0.6 is 21.6 Å². The maximum atomic E-state index is 13.4. The van der Waals surface area contributed by atoms with Gasteiger partial charge in [0.05, 0.1) is 24.7 Å². The number of phenols is 1. The molecule has 1 saturated heterocycles. The van der Waals surface area contributed by atoms with Crippen molar-refractivity contribution in [2.45, 2.75) is 68.7 Å². The quantitative estimate of drug-likeness (QED) is 0.140. The van der Waals surface area contributed by atoms with Crippen molar-refractivity contribution in [2.24, 2.45) is 17.6 Å².